The fraction of sp³-hybridized carbons (Fsp3) is 0.385. The number of piperidine rings is 2. The molecule has 8 heteroatoms. The standard InChI is InChI=1S/C26H27N3O5/c30-22-12-11-20(24(31)27-22)29-25(32)19-5-4-6-21(23(19)26(29)33)34-16-18-9-7-17(8-10-18)15-28-13-2-1-3-14-28/h4-10,20H,1-3,11-16H2,(H,27,30,31). The van der Waals surface area contributed by atoms with Crippen molar-refractivity contribution in [1.29, 1.82) is 0 Å². The maximum Gasteiger partial charge on any atom is 0.266 e. The van der Waals surface area contributed by atoms with Crippen molar-refractivity contribution in [1.82, 2.24) is 15.1 Å². The molecule has 3 aliphatic rings. The lowest BCUT2D eigenvalue weighted by Gasteiger charge is -2.27. The van der Waals surface area contributed by atoms with Gasteiger partial charge in [0.15, 0.2) is 0 Å². The summed E-state index contributed by atoms with van der Waals surface area (Å²) in [5.74, 6) is -1.83. The number of imide groups is 2. The summed E-state index contributed by atoms with van der Waals surface area (Å²) < 4.78 is 5.96. The van der Waals surface area contributed by atoms with Crippen LogP contribution in [0.1, 0.15) is 63.9 Å². The minimum absolute atomic E-state index is 0.0843. The molecule has 2 saturated heterocycles. The smallest absolute Gasteiger partial charge is 0.266 e. The number of benzene rings is 2. The third kappa shape index (κ3) is 4.33. The van der Waals surface area contributed by atoms with Crippen LogP contribution in [-0.2, 0) is 22.7 Å². The third-order valence-corrected chi connectivity index (χ3v) is 6.70. The molecule has 4 amide bonds. The van der Waals surface area contributed by atoms with Crippen molar-refractivity contribution in [3.05, 3.63) is 64.7 Å². The molecule has 2 aromatic rings. The van der Waals surface area contributed by atoms with E-state index in [1.165, 1.54) is 24.8 Å². The summed E-state index contributed by atoms with van der Waals surface area (Å²) >= 11 is 0. The molecular weight excluding hydrogens is 434 g/mol. The number of nitrogens with one attached hydrogen (secondary N) is 1. The molecule has 0 radical (unpaired) electrons. The van der Waals surface area contributed by atoms with Crippen LogP contribution in [0.5, 0.6) is 5.75 Å². The molecular formula is C26H27N3O5. The predicted molar refractivity (Wildman–Crippen MR) is 123 cm³/mol. The van der Waals surface area contributed by atoms with Gasteiger partial charge in [-0.25, -0.2) is 0 Å². The van der Waals surface area contributed by atoms with Gasteiger partial charge in [0.1, 0.15) is 18.4 Å². The molecule has 3 aliphatic heterocycles. The highest BCUT2D eigenvalue weighted by molar-refractivity contribution is 6.24. The Balaban J connectivity index is 1.27. The van der Waals surface area contributed by atoms with Gasteiger partial charge in [0.2, 0.25) is 11.8 Å². The number of hydrogen-bond donors (Lipinski definition) is 1. The van der Waals surface area contributed by atoms with Crippen LogP contribution >= 0.6 is 0 Å². The minimum atomic E-state index is -0.995. The van der Waals surface area contributed by atoms with Gasteiger partial charge in [-0.2, -0.15) is 0 Å². The van der Waals surface area contributed by atoms with Crippen LogP contribution in [0.2, 0.25) is 0 Å². The third-order valence-electron chi connectivity index (χ3n) is 6.70. The number of hydrogen-bond acceptors (Lipinski definition) is 6. The zero-order chi connectivity index (χ0) is 23.7. The molecule has 2 aromatic carbocycles. The molecule has 5 rings (SSSR count). The Labute approximate surface area is 197 Å². The topological polar surface area (TPSA) is 96.0 Å². The van der Waals surface area contributed by atoms with Crippen molar-refractivity contribution in [2.24, 2.45) is 0 Å². The largest absolute Gasteiger partial charge is 0.488 e. The summed E-state index contributed by atoms with van der Waals surface area (Å²) in [5, 5.41) is 2.21. The molecule has 0 spiro atoms. The number of nitrogens with zero attached hydrogens (tertiary/aromatic N) is 2. The van der Waals surface area contributed by atoms with E-state index in [1.54, 1.807) is 18.2 Å². The van der Waals surface area contributed by atoms with E-state index >= 15 is 0 Å². The predicted octanol–water partition coefficient (Wildman–Crippen LogP) is 2.65. The van der Waals surface area contributed by atoms with E-state index in [4.69, 9.17) is 4.74 Å². The lowest BCUT2D eigenvalue weighted by molar-refractivity contribution is -0.136. The number of likely N-dealkylation sites (tertiary alicyclic amines) is 1. The van der Waals surface area contributed by atoms with Crippen LogP contribution in [0.15, 0.2) is 42.5 Å². The Hall–Kier alpha value is -3.52. The lowest BCUT2D eigenvalue weighted by Crippen LogP contribution is -2.54. The number of rotatable bonds is 6. The Morgan fingerprint density at radius 2 is 1.62 bits per heavy atom. The van der Waals surface area contributed by atoms with Crippen molar-refractivity contribution >= 4 is 23.6 Å². The Bertz CT molecular complexity index is 1140. The quantitative estimate of drug-likeness (QED) is 0.665. The molecule has 0 bridgehead atoms. The molecule has 3 heterocycles. The van der Waals surface area contributed by atoms with Gasteiger partial charge in [-0.1, -0.05) is 36.8 Å². The first-order valence-electron chi connectivity index (χ1n) is 11.8. The maximum absolute atomic E-state index is 13.2. The van der Waals surface area contributed by atoms with Gasteiger partial charge in [-0.05, 0) is 55.6 Å². The number of amides is 4. The summed E-state index contributed by atoms with van der Waals surface area (Å²) in [6.07, 6.45) is 4.04. The molecule has 0 saturated carbocycles. The van der Waals surface area contributed by atoms with E-state index in [9.17, 15) is 19.2 Å². The average molecular weight is 462 g/mol. The van der Waals surface area contributed by atoms with E-state index < -0.39 is 29.7 Å². The second-order valence-electron chi connectivity index (χ2n) is 9.07. The summed E-state index contributed by atoms with van der Waals surface area (Å²) in [6, 6.07) is 12.1. The van der Waals surface area contributed by atoms with E-state index in [-0.39, 0.29) is 30.6 Å². The van der Waals surface area contributed by atoms with Crippen molar-refractivity contribution in [3.8, 4) is 5.75 Å². The SMILES string of the molecule is O=C1CCC(N2C(=O)c3cccc(OCc4ccc(CN5CCCCC5)cc4)c3C2=O)C(=O)N1. The van der Waals surface area contributed by atoms with Crippen LogP contribution in [0, 0.1) is 0 Å². The van der Waals surface area contributed by atoms with Gasteiger partial charge in [-0.3, -0.25) is 34.3 Å². The molecule has 1 atom stereocenters. The number of fused-ring (bicyclic) bond motifs is 1. The van der Waals surface area contributed by atoms with Gasteiger partial charge in [-0.15, -0.1) is 0 Å². The highest BCUT2D eigenvalue weighted by atomic mass is 16.5. The van der Waals surface area contributed by atoms with Crippen molar-refractivity contribution in [2.45, 2.75) is 51.3 Å². The van der Waals surface area contributed by atoms with E-state index in [0.29, 0.717) is 5.75 Å². The monoisotopic (exact) mass is 461 g/mol. The summed E-state index contributed by atoms with van der Waals surface area (Å²) in [4.78, 5) is 53.3. The zero-order valence-corrected chi connectivity index (χ0v) is 18.9. The average Bonchev–Trinajstić information content (AvgIpc) is 3.10. The van der Waals surface area contributed by atoms with Crippen LogP contribution < -0.4 is 10.1 Å². The molecule has 0 aromatic heterocycles. The normalized spacial score (nSPS) is 20.9. The Morgan fingerprint density at radius 3 is 2.35 bits per heavy atom. The fourth-order valence-corrected chi connectivity index (χ4v) is 4.88. The molecule has 1 unspecified atom stereocenters. The van der Waals surface area contributed by atoms with Crippen molar-refractivity contribution in [3.63, 3.8) is 0 Å². The van der Waals surface area contributed by atoms with Gasteiger partial charge in [0.25, 0.3) is 11.8 Å². The van der Waals surface area contributed by atoms with E-state index in [2.05, 4.69) is 22.3 Å². The fourth-order valence-electron chi connectivity index (χ4n) is 4.88. The number of ether oxygens (including phenoxy) is 1. The Kier molecular flexibility index (Phi) is 6.15. The first-order valence-corrected chi connectivity index (χ1v) is 11.8. The van der Waals surface area contributed by atoms with Crippen LogP contribution in [-0.4, -0.2) is 52.6 Å². The van der Waals surface area contributed by atoms with Crippen molar-refractivity contribution in [2.75, 3.05) is 13.1 Å². The second-order valence-corrected chi connectivity index (χ2v) is 9.07. The zero-order valence-electron chi connectivity index (χ0n) is 18.9. The maximum atomic E-state index is 13.2. The highest BCUT2D eigenvalue weighted by Crippen LogP contribution is 2.34. The summed E-state index contributed by atoms with van der Waals surface area (Å²) in [6.45, 7) is 3.49. The van der Waals surface area contributed by atoms with Crippen LogP contribution in [0.4, 0.5) is 0 Å². The minimum Gasteiger partial charge on any atom is -0.488 e. The van der Waals surface area contributed by atoms with Gasteiger partial charge in [0.05, 0.1) is 11.1 Å². The van der Waals surface area contributed by atoms with E-state index in [1.807, 2.05) is 12.1 Å². The molecule has 176 valence electrons. The molecule has 34 heavy (non-hydrogen) atoms. The van der Waals surface area contributed by atoms with Crippen LogP contribution in [0.3, 0.4) is 0 Å². The summed E-state index contributed by atoms with van der Waals surface area (Å²) in [7, 11) is 0. The van der Waals surface area contributed by atoms with Gasteiger partial charge in [0, 0.05) is 13.0 Å². The van der Waals surface area contributed by atoms with E-state index in [0.717, 1.165) is 30.1 Å². The molecule has 8 nitrogen and oxygen atoms in total. The Morgan fingerprint density at radius 1 is 0.882 bits per heavy atom. The van der Waals surface area contributed by atoms with Gasteiger partial charge >= 0.3 is 0 Å². The first kappa shape index (κ1) is 22.3. The molecule has 0 aliphatic carbocycles. The second kappa shape index (κ2) is 9.38. The lowest BCUT2D eigenvalue weighted by atomic mass is 10.0. The first-order chi connectivity index (χ1) is 16.5. The van der Waals surface area contributed by atoms with Crippen LogP contribution in [0.25, 0.3) is 0 Å². The number of carbonyl (C=O) groups is 4. The highest BCUT2D eigenvalue weighted by Gasteiger charge is 2.46. The molecule has 2 fully saturated rings. The number of carbonyl (C=O) groups excluding carboxylic acids is 4. The molecule has 1 N–H and O–H groups in total. The van der Waals surface area contributed by atoms with Gasteiger partial charge < -0.3 is 4.74 Å². The van der Waals surface area contributed by atoms with Crippen molar-refractivity contribution < 1.29 is 23.9 Å². The summed E-state index contributed by atoms with van der Waals surface area (Å²) in [5.41, 5.74) is 2.59.